The maximum atomic E-state index is 13.6. The van der Waals surface area contributed by atoms with Crippen LogP contribution in [0.15, 0.2) is 96.2 Å². The monoisotopic (exact) mass is 714 g/mol. The molecule has 5 aromatic rings. The molecule has 0 spiro atoms. The highest BCUT2D eigenvalue weighted by molar-refractivity contribution is 7.90. The first-order valence-corrected chi connectivity index (χ1v) is 16.7. The summed E-state index contributed by atoms with van der Waals surface area (Å²) in [4.78, 5) is 33.0. The van der Waals surface area contributed by atoms with Crippen molar-refractivity contribution in [1.29, 1.82) is 0 Å². The summed E-state index contributed by atoms with van der Waals surface area (Å²) in [6, 6.07) is 22.5. The Bertz CT molecular complexity index is 2080. The number of carboxylic acid groups (broad SMARTS) is 1. The largest absolute Gasteiger partial charge is 0.490 e. The van der Waals surface area contributed by atoms with Crippen molar-refractivity contribution in [3.63, 3.8) is 0 Å². The van der Waals surface area contributed by atoms with E-state index in [2.05, 4.69) is 10.3 Å². The van der Waals surface area contributed by atoms with E-state index < -0.39 is 22.2 Å². The normalized spacial score (nSPS) is 14.9. The minimum atomic E-state index is -5.08. The fourth-order valence-electron chi connectivity index (χ4n) is 5.34. The van der Waals surface area contributed by atoms with Crippen molar-refractivity contribution < 1.29 is 36.3 Å². The lowest BCUT2D eigenvalue weighted by atomic mass is 9.97. The number of amides is 1. The molecule has 16 heteroatoms. The molecule has 1 aliphatic rings. The van der Waals surface area contributed by atoms with Gasteiger partial charge in [0.1, 0.15) is 0 Å². The number of nitrogens with zero attached hydrogens (tertiary/aromatic N) is 4. The first kappa shape index (κ1) is 35.2. The fraction of sp³-hybridized carbons (Fsp3) is 0.212. The van der Waals surface area contributed by atoms with Gasteiger partial charge in [0.25, 0.3) is 15.9 Å². The van der Waals surface area contributed by atoms with Crippen LogP contribution in [-0.2, 0) is 14.8 Å². The van der Waals surface area contributed by atoms with E-state index >= 15 is 0 Å². The Morgan fingerprint density at radius 2 is 1.67 bits per heavy atom. The number of hydrogen-bond donors (Lipinski definition) is 3. The van der Waals surface area contributed by atoms with Crippen LogP contribution in [0.3, 0.4) is 0 Å². The van der Waals surface area contributed by atoms with Crippen molar-refractivity contribution in [3.05, 3.63) is 102 Å². The summed E-state index contributed by atoms with van der Waals surface area (Å²) >= 11 is 6.58. The van der Waals surface area contributed by atoms with Gasteiger partial charge in [-0.15, -0.1) is 0 Å². The van der Waals surface area contributed by atoms with Gasteiger partial charge in [0, 0.05) is 48.0 Å². The van der Waals surface area contributed by atoms with Gasteiger partial charge in [-0.1, -0.05) is 48.0 Å². The number of carbonyl (C=O) groups is 2. The lowest BCUT2D eigenvalue weighted by molar-refractivity contribution is -0.192. The molecule has 6 rings (SSSR count). The van der Waals surface area contributed by atoms with E-state index in [0.717, 1.165) is 12.8 Å². The second kappa shape index (κ2) is 14.5. The number of piperidine rings is 1. The summed E-state index contributed by atoms with van der Waals surface area (Å²) in [6.07, 6.45) is -0.145. The number of aromatic nitrogens is 3. The van der Waals surface area contributed by atoms with Crippen molar-refractivity contribution in [2.75, 3.05) is 30.7 Å². The fourth-order valence-corrected chi connectivity index (χ4v) is 6.93. The van der Waals surface area contributed by atoms with Crippen molar-refractivity contribution in [1.82, 2.24) is 18.8 Å². The van der Waals surface area contributed by atoms with Crippen LogP contribution in [0, 0.1) is 5.92 Å². The first-order valence-electron chi connectivity index (χ1n) is 14.9. The van der Waals surface area contributed by atoms with Crippen LogP contribution in [0.4, 0.5) is 24.8 Å². The van der Waals surface area contributed by atoms with Gasteiger partial charge in [0.2, 0.25) is 5.95 Å². The van der Waals surface area contributed by atoms with Gasteiger partial charge in [-0.25, -0.2) is 27.2 Å². The maximum Gasteiger partial charge on any atom is 0.490 e. The third kappa shape index (κ3) is 8.12. The predicted molar refractivity (Wildman–Crippen MR) is 179 cm³/mol. The maximum absolute atomic E-state index is 13.6. The molecule has 1 atom stereocenters. The van der Waals surface area contributed by atoms with Crippen LogP contribution in [0.2, 0.25) is 5.02 Å². The second-order valence-corrected chi connectivity index (χ2v) is 13.4. The highest BCUT2D eigenvalue weighted by atomic mass is 35.5. The van der Waals surface area contributed by atoms with Crippen LogP contribution in [0.5, 0.6) is 0 Å². The molecule has 0 aliphatic carbocycles. The van der Waals surface area contributed by atoms with Crippen LogP contribution in [-0.4, -0.2) is 70.1 Å². The third-order valence-electron chi connectivity index (χ3n) is 7.73. The van der Waals surface area contributed by atoms with E-state index in [-0.39, 0.29) is 16.7 Å². The average molecular weight is 715 g/mol. The van der Waals surface area contributed by atoms with Gasteiger partial charge in [-0.05, 0) is 61.2 Å². The van der Waals surface area contributed by atoms with Gasteiger partial charge in [0.15, 0.2) is 0 Å². The van der Waals surface area contributed by atoms with E-state index in [4.69, 9.17) is 32.2 Å². The van der Waals surface area contributed by atoms with E-state index in [9.17, 15) is 26.4 Å². The lowest BCUT2D eigenvalue weighted by Crippen LogP contribution is -2.41. The zero-order valence-corrected chi connectivity index (χ0v) is 27.2. The topological polar surface area (TPSA) is 161 Å². The smallest absolute Gasteiger partial charge is 0.475 e. The summed E-state index contributed by atoms with van der Waals surface area (Å²) in [5.41, 5.74) is 8.54. The quantitative estimate of drug-likeness (QED) is 0.168. The summed E-state index contributed by atoms with van der Waals surface area (Å²) in [6.45, 7) is 1.88. The molecule has 1 fully saturated rings. The minimum absolute atomic E-state index is 0.00780. The SMILES string of the molecule is Nc1ccc(C(=O)N2CCCC(CNc3ncc(Cl)c(-c4cn(S(=O)(=O)c5ccccc5)c5ccccc45)n3)C2)cc1.O=C(O)C(F)(F)F. The van der Waals surface area contributed by atoms with Crippen LogP contribution in [0.1, 0.15) is 23.2 Å². The van der Waals surface area contributed by atoms with Crippen molar-refractivity contribution in [2.24, 2.45) is 5.92 Å². The number of nitrogens with two attached hydrogens (primary N) is 1. The number of para-hydroxylation sites is 1. The van der Waals surface area contributed by atoms with Crippen LogP contribution >= 0.6 is 11.6 Å². The molecule has 2 aromatic heterocycles. The molecule has 49 heavy (non-hydrogen) atoms. The molecule has 3 aromatic carbocycles. The average Bonchev–Trinajstić information content (AvgIpc) is 3.49. The summed E-state index contributed by atoms with van der Waals surface area (Å²) in [5, 5.41) is 11.4. The number of rotatable bonds is 7. The first-order chi connectivity index (χ1) is 23.3. The molecule has 11 nitrogen and oxygen atoms in total. The lowest BCUT2D eigenvalue weighted by Gasteiger charge is -2.33. The van der Waals surface area contributed by atoms with Crippen molar-refractivity contribution in [3.8, 4) is 11.3 Å². The third-order valence-corrected chi connectivity index (χ3v) is 9.70. The standard InChI is InChI=1S/C31H29ClN6O3S.C2HF3O2/c32-27-18-35-31(34-17-21-7-6-16-37(19-21)30(39)22-12-14-23(33)15-13-22)36-29(27)26-20-38(28-11-5-4-10-25(26)28)42(40,41)24-8-2-1-3-9-24;3-2(4,5)1(6)7/h1-5,8-15,18,20-21H,6-7,16-17,19,33H2,(H,34,35,36);(H,6,7). The predicted octanol–water partition coefficient (Wildman–Crippen LogP) is 6.17. The van der Waals surface area contributed by atoms with E-state index in [1.165, 1.54) is 10.2 Å². The Balaban J connectivity index is 0.000000606. The Morgan fingerprint density at radius 1 is 1.02 bits per heavy atom. The minimum Gasteiger partial charge on any atom is -0.475 e. The van der Waals surface area contributed by atoms with Gasteiger partial charge in [-0.2, -0.15) is 13.2 Å². The van der Waals surface area contributed by atoms with Gasteiger partial charge >= 0.3 is 12.1 Å². The number of nitrogen functional groups attached to an aromatic ring is 1. The number of hydrogen-bond acceptors (Lipinski definition) is 8. The summed E-state index contributed by atoms with van der Waals surface area (Å²) in [5.74, 6) is -2.18. The molecule has 3 heterocycles. The summed E-state index contributed by atoms with van der Waals surface area (Å²) in [7, 11) is -3.86. The number of benzene rings is 3. The Kier molecular flexibility index (Phi) is 10.4. The molecular formula is C33H30ClF3N6O5S. The van der Waals surface area contributed by atoms with Crippen molar-refractivity contribution in [2.45, 2.75) is 23.9 Å². The molecule has 1 saturated heterocycles. The van der Waals surface area contributed by atoms with Gasteiger partial charge < -0.3 is 21.1 Å². The summed E-state index contributed by atoms with van der Waals surface area (Å²) < 4.78 is 60.1. The molecule has 1 amide bonds. The molecule has 0 radical (unpaired) electrons. The molecule has 1 aliphatic heterocycles. The number of fused-ring (bicyclic) bond motifs is 1. The Hall–Kier alpha value is -5.15. The molecule has 0 saturated carbocycles. The molecule has 4 N–H and O–H groups in total. The second-order valence-electron chi connectivity index (χ2n) is 11.1. The number of carboxylic acids is 1. The van der Waals surface area contributed by atoms with Gasteiger partial charge in [-0.3, -0.25) is 4.79 Å². The van der Waals surface area contributed by atoms with Crippen LogP contribution in [0.25, 0.3) is 22.2 Å². The van der Waals surface area contributed by atoms with E-state index in [0.29, 0.717) is 64.0 Å². The molecule has 0 bridgehead atoms. The molecular weight excluding hydrogens is 685 g/mol. The van der Waals surface area contributed by atoms with Crippen LogP contribution < -0.4 is 11.1 Å². The number of carbonyl (C=O) groups excluding carboxylic acids is 1. The highest BCUT2D eigenvalue weighted by Crippen LogP contribution is 2.35. The number of alkyl halides is 3. The number of halogens is 4. The molecule has 256 valence electrons. The number of nitrogens with one attached hydrogen (secondary N) is 1. The zero-order valence-electron chi connectivity index (χ0n) is 25.6. The highest BCUT2D eigenvalue weighted by Gasteiger charge is 2.38. The van der Waals surface area contributed by atoms with E-state index in [1.807, 2.05) is 17.0 Å². The van der Waals surface area contributed by atoms with Gasteiger partial charge in [0.05, 0.1) is 27.3 Å². The number of likely N-dealkylation sites (tertiary alicyclic amines) is 1. The van der Waals surface area contributed by atoms with E-state index in [1.54, 1.807) is 72.9 Å². The number of anilines is 2. The van der Waals surface area contributed by atoms with Crippen molar-refractivity contribution >= 4 is 56.0 Å². The Morgan fingerprint density at radius 3 is 2.35 bits per heavy atom. The number of aliphatic carboxylic acids is 1. The Labute approximate surface area is 284 Å². The molecule has 1 unspecified atom stereocenters. The zero-order chi connectivity index (χ0) is 35.3.